The van der Waals surface area contributed by atoms with Gasteiger partial charge in [0.05, 0.1) is 18.0 Å². The molecule has 28 heavy (non-hydrogen) atoms. The molecular formula is C19H30N4O4S. The molecule has 0 aromatic heterocycles. The number of aryl methyl sites for hydroxylation is 1. The number of nitrogens with one attached hydrogen (secondary N) is 1. The first-order valence-corrected chi connectivity index (χ1v) is 11.0. The summed E-state index contributed by atoms with van der Waals surface area (Å²) in [5, 5.41) is 2.59. The van der Waals surface area contributed by atoms with Crippen molar-refractivity contribution < 1.29 is 18.0 Å². The van der Waals surface area contributed by atoms with E-state index in [2.05, 4.69) is 12.2 Å². The molecule has 1 N–H and O–H groups in total. The van der Waals surface area contributed by atoms with Crippen LogP contribution < -0.4 is 5.32 Å². The lowest BCUT2D eigenvalue weighted by Gasteiger charge is -2.33. The Bertz CT molecular complexity index is 770. The first-order chi connectivity index (χ1) is 13.2. The van der Waals surface area contributed by atoms with Gasteiger partial charge in [-0.05, 0) is 24.1 Å². The van der Waals surface area contributed by atoms with Crippen LogP contribution >= 0.6 is 0 Å². The average molecular weight is 411 g/mol. The molecule has 1 fully saturated rings. The van der Waals surface area contributed by atoms with Crippen molar-refractivity contribution in [1.29, 1.82) is 0 Å². The zero-order chi connectivity index (χ0) is 20.7. The van der Waals surface area contributed by atoms with E-state index in [1.54, 1.807) is 26.2 Å². The number of amides is 2. The van der Waals surface area contributed by atoms with Crippen molar-refractivity contribution in [3.63, 3.8) is 0 Å². The number of piperazine rings is 1. The molecule has 0 bridgehead atoms. The Morgan fingerprint density at radius 2 is 1.68 bits per heavy atom. The first-order valence-electron chi connectivity index (χ1n) is 9.52. The molecule has 1 heterocycles. The van der Waals surface area contributed by atoms with Gasteiger partial charge in [0.25, 0.3) is 0 Å². The van der Waals surface area contributed by atoms with Crippen molar-refractivity contribution in [2.24, 2.45) is 0 Å². The highest BCUT2D eigenvalue weighted by Gasteiger charge is 2.29. The van der Waals surface area contributed by atoms with Gasteiger partial charge < -0.3 is 10.2 Å². The number of carbonyl (C=O) groups is 2. The van der Waals surface area contributed by atoms with Crippen LogP contribution in [-0.4, -0.2) is 87.7 Å². The number of sulfonamides is 1. The molecule has 0 aliphatic carbocycles. The van der Waals surface area contributed by atoms with Crippen molar-refractivity contribution in [3.8, 4) is 0 Å². The van der Waals surface area contributed by atoms with Gasteiger partial charge in [0.15, 0.2) is 0 Å². The van der Waals surface area contributed by atoms with Crippen LogP contribution in [0.2, 0.25) is 0 Å². The molecule has 1 aliphatic rings. The summed E-state index contributed by atoms with van der Waals surface area (Å²) in [4.78, 5) is 27.1. The van der Waals surface area contributed by atoms with Gasteiger partial charge in [0.1, 0.15) is 0 Å². The second-order valence-corrected chi connectivity index (χ2v) is 9.08. The van der Waals surface area contributed by atoms with E-state index in [1.807, 2.05) is 17.0 Å². The second-order valence-electron chi connectivity index (χ2n) is 7.14. The Hall–Kier alpha value is -1.97. The molecule has 0 radical (unpaired) electrons. The molecule has 1 aromatic carbocycles. The van der Waals surface area contributed by atoms with E-state index in [0.717, 1.165) is 18.4 Å². The zero-order valence-corrected chi connectivity index (χ0v) is 17.7. The summed E-state index contributed by atoms with van der Waals surface area (Å²) in [5.74, 6) is -0.410. The Morgan fingerprint density at radius 3 is 2.21 bits per heavy atom. The Labute approximate surface area is 167 Å². The highest BCUT2D eigenvalue weighted by molar-refractivity contribution is 7.89. The normalized spacial score (nSPS) is 16.0. The number of carbonyl (C=O) groups excluding carboxylic acids is 2. The van der Waals surface area contributed by atoms with E-state index in [-0.39, 0.29) is 24.9 Å². The van der Waals surface area contributed by atoms with E-state index >= 15 is 0 Å². The number of hydrogen-bond donors (Lipinski definition) is 1. The van der Waals surface area contributed by atoms with E-state index in [0.29, 0.717) is 31.1 Å². The lowest BCUT2D eigenvalue weighted by atomic mass is 10.1. The molecule has 156 valence electrons. The molecule has 0 spiro atoms. The first kappa shape index (κ1) is 22.3. The second kappa shape index (κ2) is 9.99. The maximum absolute atomic E-state index is 12.8. The van der Waals surface area contributed by atoms with Gasteiger partial charge in [-0.25, -0.2) is 8.42 Å². The van der Waals surface area contributed by atoms with E-state index < -0.39 is 10.0 Å². The van der Waals surface area contributed by atoms with Crippen molar-refractivity contribution >= 4 is 21.8 Å². The minimum Gasteiger partial charge on any atom is -0.347 e. The van der Waals surface area contributed by atoms with Crippen molar-refractivity contribution in [2.75, 3.05) is 53.4 Å². The highest BCUT2D eigenvalue weighted by Crippen LogP contribution is 2.18. The quantitative estimate of drug-likeness (QED) is 0.659. The van der Waals surface area contributed by atoms with Crippen LogP contribution in [0.15, 0.2) is 29.2 Å². The number of likely N-dealkylation sites (N-methyl/N-ethyl adjacent to an activating group) is 1. The standard InChI is InChI=1S/C19H30N4O4S/c1-4-5-16-6-8-17(9-7-16)28(26,27)23-12-10-22(11-13-23)15-18(24)20-14-19(25)21(2)3/h6-9H,4-5,10-15H2,1-3H3,(H,20,24). The third-order valence-electron chi connectivity index (χ3n) is 4.73. The predicted molar refractivity (Wildman–Crippen MR) is 107 cm³/mol. The minimum atomic E-state index is -3.52. The van der Waals surface area contributed by atoms with Gasteiger partial charge in [-0.3, -0.25) is 14.5 Å². The van der Waals surface area contributed by atoms with E-state index in [9.17, 15) is 18.0 Å². The Morgan fingerprint density at radius 1 is 1.07 bits per heavy atom. The minimum absolute atomic E-state index is 0.0335. The van der Waals surface area contributed by atoms with Gasteiger partial charge in [-0.2, -0.15) is 4.31 Å². The fourth-order valence-electron chi connectivity index (χ4n) is 2.99. The molecule has 1 aromatic rings. The number of hydrogen-bond acceptors (Lipinski definition) is 5. The third-order valence-corrected chi connectivity index (χ3v) is 6.65. The lowest BCUT2D eigenvalue weighted by molar-refractivity contribution is -0.131. The fourth-order valence-corrected chi connectivity index (χ4v) is 4.41. The fraction of sp³-hybridized carbons (Fsp3) is 0.579. The molecule has 8 nitrogen and oxygen atoms in total. The summed E-state index contributed by atoms with van der Waals surface area (Å²) in [6.07, 6.45) is 1.95. The number of nitrogens with zero attached hydrogens (tertiary/aromatic N) is 3. The van der Waals surface area contributed by atoms with Gasteiger partial charge in [-0.15, -0.1) is 0 Å². The van der Waals surface area contributed by atoms with Crippen LogP contribution in [0.25, 0.3) is 0 Å². The molecule has 2 rings (SSSR count). The molecule has 1 saturated heterocycles. The smallest absolute Gasteiger partial charge is 0.243 e. The number of benzene rings is 1. The van der Waals surface area contributed by atoms with E-state index in [4.69, 9.17) is 0 Å². The van der Waals surface area contributed by atoms with Crippen LogP contribution in [0.3, 0.4) is 0 Å². The van der Waals surface area contributed by atoms with Crippen molar-refractivity contribution in [2.45, 2.75) is 24.7 Å². The van der Waals surface area contributed by atoms with Crippen molar-refractivity contribution in [3.05, 3.63) is 29.8 Å². The molecule has 2 amide bonds. The van der Waals surface area contributed by atoms with Crippen molar-refractivity contribution in [1.82, 2.24) is 19.4 Å². The molecule has 1 aliphatic heterocycles. The monoisotopic (exact) mass is 410 g/mol. The van der Waals surface area contributed by atoms with Gasteiger partial charge >= 0.3 is 0 Å². The Balaban J connectivity index is 1.85. The van der Waals surface area contributed by atoms with Gasteiger partial charge in [-0.1, -0.05) is 25.5 Å². The lowest BCUT2D eigenvalue weighted by Crippen LogP contribution is -2.51. The molecule has 0 atom stereocenters. The summed E-state index contributed by atoms with van der Waals surface area (Å²) < 4.78 is 27.1. The third kappa shape index (κ3) is 6.02. The SMILES string of the molecule is CCCc1ccc(S(=O)(=O)N2CCN(CC(=O)NCC(=O)N(C)C)CC2)cc1. The van der Waals surface area contributed by atoms with Crippen LogP contribution in [0.1, 0.15) is 18.9 Å². The average Bonchev–Trinajstić information content (AvgIpc) is 2.67. The zero-order valence-electron chi connectivity index (χ0n) is 16.8. The van der Waals surface area contributed by atoms with E-state index in [1.165, 1.54) is 9.21 Å². The summed E-state index contributed by atoms with van der Waals surface area (Å²) in [6, 6.07) is 7.07. The van der Waals surface area contributed by atoms with Crippen LogP contribution in [0.5, 0.6) is 0 Å². The maximum Gasteiger partial charge on any atom is 0.243 e. The summed E-state index contributed by atoms with van der Waals surface area (Å²) in [6.45, 7) is 3.83. The summed E-state index contributed by atoms with van der Waals surface area (Å²) in [5.41, 5.74) is 1.13. The topological polar surface area (TPSA) is 90.0 Å². The van der Waals surface area contributed by atoms with Crippen LogP contribution in [0.4, 0.5) is 0 Å². The van der Waals surface area contributed by atoms with Crippen LogP contribution in [-0.2, 0) is 26.0 Å². The highest BCUT2D eigenvalue weighted by atomic mass is 32.2. The molecular weight excluding hydrogens is 380 g/mol. The molecule has 0 saturated carbocycles. The molecule has 0 unspecified atom stereocenters. The maximum atomic E-state index is 12.8. The van der Waals surface area contributed by atoms with Gasteiger partial charge in [0.2, 0.25) is 21.8 Å². The van der Waals surface area contributed by atoms with Crippen LogP contribution in [0, 0.1) is 0 Å². The summed E-state index contributed by atoms with van der Waals surface area (Å²) >= 11 is 0. The largest absolute Gasteiger partial charge is 0.347 e. The predicted octanol–water partition coefficient (Wildman–Crippen LogP) is 0.150. The summed E-state index contributed by atoms with van der Waals surface area (Å²) in [7, 11) is -0.260. The molecule has 9 heteroatoms. The number of rotatable bonds is 8. The Kier molecular flexibility index (Phi) is 7.97. The van der Waals surface area contributed by atoms with Gasteiger partial charge in [0, 0.05) is 40.3 Å².